The maximum atomic E-state index is 9.18. The summed E-state index contributed by atoms with van der Waals surface area (Å²) >= 11 is 0. The fourth-order valence-corrected chi connectivity index (χ4v) is 2.15. The zero-order valence-electron chi connectivity index (χ0n) is 8.47. The first kappa shape index (κ1) is 10.5. The standard InChI is InChI=1S/C10H18N2O/c1-3-12-10(8-11)7-5-4-6-9(10)13-2/h9,12H,3-7H2,1-2H3. The van der Waals surface area contributed by atoms with Crippen molar-refractivity contribution >= 4 is 0 Å². The van der Waals surface area contributed by atoms with Gasteiger partial charge < -0.3 is 4.74 Å². The summed E-state index contributed by atoms with van der Waals surface area (Å²) in [5, 5.41) is 12.4. The van der Waals surface area contributed by atoms with E-state index in [0.717, 1.165) is 25.8 Å². The molecule has 2 atom stereocenters. The van der Waals surface area contributed by atoms with E-state index in [2.05, 4.69) is 11.4 Å². The first-order valence-corrected chi connectivity index (χ1v) is 4.98. The molecule has 0 saturated heterocycles. The van der Waals surface area contributed by atoms with Crippen LogP contribution in [0.1, 0.15) is 32.6 Å². The first-order chi connectivity index (χ1) is 6.29. The Bertz CT molecular complexity index is 196. The second-order valence-electron chi connectivity index (χ2n) is 3.58. The molecule has 3 nitrogen and oxygen atoms in total. The number of likely N-dealkylation sites (N-methyl/N-ethyl adjacent to an activating group) is 1. The summed E-state index contributed by atoms with van der Waals surface area (Å²) in [7, 11) is 1.69. The predicted molar refractivity (Wildman–Crippen MR) is 51.3 cm³/mol. The van der Waals surface area contributed by atoms with E-state index in [4.69, 9.17) is 4.74 Å². The number of hydrogen-bond donors (Lipinski definition) is 1. The Hall–Kier alpha value is -0.590. The molecule has 0 bridgehead atoms. The molecule has 0 heterocycles. The van der Waals surface area contributed by atoms with E-state index in [-0.39, 0.29) is 6.10 Å². The van der Waals surface area contributed by atoms with Crippen LogP contribution >= 0.6 is 0 Å². The molecule has 0 spiro atoms. The summed E-state index contributed by atoms with van der Waals surface area (Å²) in [4.78, 5) is 0. The average Bonchev–Trinajstić information content (AvgIpc) is 2.19. The minimum Gasteiger partial charge on any atom is -0.378 e. The monoisotopic (exact) mass is 182 g/mol. The fraction of sp³-hybridized carbons (Fsp3) is 0.900. The maximum absolute atomic E-state index is 9.18. The highest BCUT2D eigenvalue weighted by Crippen LogP contribution is 2.29. The highest BCUT2D eigenvalue weighted by atomic mass is 16.5. The minimum absolute atomic E-state index is 0.0613. The smallest absolute Gasteiger partial charge is 0.133 e. The van der Waals surface area contributed by atoms with Crippen molar-refractivity contribution in [3.8, 4) is 6.07 Å². The van der Waals surface area contributed by atoms with Crippen molar-refractivity contribution < 1.29 is 4.74 Å². The molecule has 0 amide bonds. The molecule has 1 fully saturated rings. The van der Waals surface area contributed by atoms with E-state index in [1.807, 2.05) is 6.92 Å². The lowest BCUT2D eigenvalue weighted by Gasteiger charge is -2.38. The highest BCUT2D eigenvalue weighted by Gasteiger charge is 2.40. The number of nitriles is 1. The summed E-state index contributed by atoms with van der Waals surface area (Å²) in [6, 6.07) is 2.38. The van der Waals surface area contributed by atoms with Crippen molar-refractivity contribution in [2.75, 3.05) is 13.7 Å². The number of ether oxygens (including phenoxy) is 1. The Balaban J connectivity index is 2.73. The Morgan fingerprint density at radius 3 is 2.92 bits per heavy atom. The van der Waals surface area contributed by atoms with Crippen molar-refractivity contribution in [3.63, 3.8) is 0 Å². The lowest BCUT2D eigenvalue weighted by atomic mass is 9.80. The molecule has 0 aromatic rings. The van der Waals surface area contributed by atoms with Gasteiger partial charge in [0.05, 0.1) is 12.2 Å². The van der Waals surface area contributed by atoms with Crippen LogP contribution in [0.4, 0.5) is 0 Å². The molecule has 74 valence electrons. The van der Waals surface area contributed by atoms with Crippen molar-refractivity contribution in [3.05, 3.63) is 0 Å². The molecule has 3 heteroatoms. The van der Waals surface area contributed by atoms with Gasteiger partial charge >= 0.3 is 0 Å². The van der Waals surface area contributed by atoms with Gasteiger partial charge in [0.2, 0.25) is 0 Å². The van der Waals surface area contributed by atoms with Gasteiger partial charge in [0.1, 0.15) is 5.54 Å². The predicted octanol–water partition coefficient (Wildman–Crippen LogP) is 1.45. The van der Waals surface area contributed by atoms with E-state index in [1.165, 1.54) is 6.42 Å². The van der Waals surface area contributed by atoms with Gasteiger partial charge in [-0.3, -0.25) is 5.32 Å². The highest BCUT2D eigenvalue weighted by molar-refractivity contribution is 5.13. The van der Waals surface area contributed by atoms with E-state index < -0.39 is 5.54 Å². The molecule has 1 aliphatic rings. The molecule has 1 aliphatic carbocycles. The molecule has 13 heavy (non-hydrogen) atoms. The molecule has 1 N–H and O–H groups in total. The normalized spacial score (nSPS) is 34.1. The molecule has 2 unspecified atom stereocenters. The average molecular weight is 182 g/mol. The molecule has 0 aromatic carbocycles. The van der Waals surface area contributed by atoms with Crippen LogP contribution < -0.4 is 5.32 Å². The van der Waals surface area contributed by atoms with E-state index in [9.17, 15) is 5.26 Å². The van der Waals surface area contributed by atoms with Crippen LogP contribution in [-0.4, -0.2) is 25.3 Å². The Labute approximate surface area is 80.1 Å². The van der Waals surface area contributed by atoms with Crippen LogP contribution in [0, 0.1) is 11.3 Å². The van der Waals surface area contributed by atoms with Crippen LogP contribution in [0.25, 0.3) is 0 Å². The maximum Gasteiger partial charge on any atom is 0.133 e. The topological polar surface area (TPSA) is 45.0 Å². The van der Waals surface area contributed by atoms with Gasteiger partial charge in [-0.2, -0.15) is 5.26 Å². The SMILES string of the molecule is CCNC1(C#N)CCCCC1OC. The third kappa shape index (κ3) is 2.01. The molecule has 0 radical (unpaired) electrons. The molecule has 1 rings (SSSR count). The molecular formula is C10H18N2O. The van der Waals surface area contributed by atoms with E-state index >= 15 is 0 Å². The summed E-state index contributed by atoms with van der Waals surface area (Å²) < 4.78 is 5.37. The molecular weight excluding hydrogens is 164 g/mol. The van der Waals surface area contributed by atoms with Crippen molar-refractivity contribution in [1.82, 2.24) is 5.32 Å². The minimum atomic E-state index is -0.429. The van der Waals surface area contributed by atoms with Gasteiger partial charge in [-0.1, -0.05) is 19.8 Å². The van der Waals surface area contributed by atoms with Crippen molar-refractivity contribution in [2.45, 2.75) is 44.2 Å². The molecule has 1 saturated carbocycles. The lowest BCUT2D eigenvalue weighted by molar-refractivity contribution is 0.0137. The molecule has 0 aliphatic heterocycles. The van der Waals surface area contributed by atoms with Crippen molar-refractivity contribution in [1.29, 1.82) is 5.26 Å². The van der Waals surface area contributed by atoms with Gasteiger partial charge in [-0.25, -0.2) is 0 Å². The quantitative estimate of drug-likeness (QED) is 0.718. The van der Waals surface area contributed by atoms with Crippen LogP contribution in [0.15, 0.2) is 0 Å². The van der Waals surface area contributed by atoms with Gasteiger partial charge in [0.15, 0.2) is 0 Å². The van der Waals surface area contributed by atoms with Gasteiger partial charge in [-0.15, -0.1) is 0 Å². The molecule has 0 aromatic heterocycles. The van der Waals surface area contributed by atoms with Crippen molar-refractivity contribution in [2.24, 2.45) is 0 Å². The first-order valence-electron chi connectivity index (χ1n) is 4.98. The van der Waals surface area contributed by atoms with Gasteiger partial charge in [0, 0.05) is 7.11 Å². The fourth-order valence-electron chi connectivity index (χ4n) is 2.15. The van der Waals surface area contributed by atoms with Crippen LogP contribution in [0.2, 0.25) is 0 Å². The summed E-state index contributed by atoms with van der Waals surface area (Å²) in [6.07, 6.45) is 4.27. The van der Waals surface area contributed by atoms with Crippen LogP contribution in [0.5, 0.6) is 0 Å². The third-order valence-corrected chi connectivity index (χ3v) is 2.81. The zero-order chi connectivity index (χ0) is 9.73. The van der Waals surface area contributed by atoms with E-state index in [1.54, 1.807) is 7.11 Å². The summed E-state index contributed by atoms with van der Waals surface area (Å²) in [5.74, 6) is 0. The third-order valence-electron chi connectivity index (χ3n) is 2.81. The lowest BCUT2D eigenvalue weighted by Crippen LogP contribution is -2.55. The van der Waals surface area contributed by atoms with Crippen LogP contribution in [-0.2, 0) is 4.74 Å². The number of nitrogens with one attached hydrogen (secondary N) is 1. The summed E-state index contributed by atoms with van der Waals surface area (Å²) in [5.41, 5.74) is -0.429. The second kappa shape index (κ2) is 4.59. The number of methoxy groups -OCH3 is 1. The van der Waals surface area contributed by atoms with E-state index in [0.29, 0.717) is 0 Å². The Morgan fingerprint density at radius 2 is 2.38 bits per heavy atom. The van der Waals surface area contributed by atoms with Gasteiger partial charge in [-0.05, 0) is 19.4 Å². The number of nitrogens with zero attached hydrogens (tertiary/aromatic N) is 1. The zero-order valence-corrected chi connectivity index (χ0v) is 8.47. The summed E-state index contributed by atoms with van der Waals surface area (Å²) in [6.45, 7) is 2.85. The number of hydrogen-bond acceptors (Lipinski definition) is 3. The number of rotatable bonds is 3. The van der Waals surface area contributed by atoms with Crippen LogP contribution in [0.3, 0.4) is 0 Å². The second-order valence-corrected chi connectivity index (χ2v) is 3.58. The van der Waals surface area contributed by atoms with Gasteiger partial charge in [0.25, 0.3) is 0 Å². The Kier molecular flexibility index (Phi) is 3.71. The largest absolute Gasteiger partial charge is 0.378 e. The Morgan fingerprint density at radius 1 is 1.62 bits per heavy atom.